The molecular formula is C18H16O3. The normalized spacial score (nSPS) is 10.5. The number of fused-ring (bicyclic) bond motifs is 1. The molecule has 0 saturated carbocycles. The minimum atomic E-state index is 0.123. The fourth-order valence-corrected chi connectivity index (χ4v) is 2.27. The molecule has 0 saturated heterocycles. The standard InChI is InChI=1S/C18H16O3/c1-2-20-16-12-17(21-13-8-4-3-5-9-13)18(19)15-11-7-6-10-14(15)16/h3-12,19H,2H2,1H3. The molecule has 0 bridgehead atoms. The molecule has 106 valence electrons. The van der Waals surface area contributed by atoms with Crippen LogP contribution < -0.4 is 9.47 Å². The maximum atomic E-state index is 10.4. The zero-order valence-corrected chi connectivity index (χ0v) is 11.7. The molecular weight excluding hydrogens is 264 g/mol. The number of hydrogen-bond donors (Lipinski definition) is 1. The second kappa shape index (κ2) is 5.75. The van der Waals surface area contributed by atoms with Crippen LogP contribution in [-0.4, -0.2) is 11.7 Å². The first-order chi connectivity index (χ1) is 10.3. The van der Waals surface area contributed by atoms with E-state index in [2.05, 4.69) is 0 Å². The molecule has 21 heavy (non-hydrogen) atoms. The molecule has 0 atom stereocenters. The van der Waals surface area contributed by atoms with Crippen molar-refractivity contribution in [2.24, 2.45) is 0 Å². The molecule has 3 rings (SSSR count). The van der Waals surface area contributed by atoms with Gasteiger partial charge in [-0.25, -0.2) is 0 Å². The van der Waals surface area contributed by atoms with E-state index in [4.69, 9.17) is 9.47 Å². The van der Waals surface area contributed by atoms with Gasteiger partial charge in [0, 0.05) is 16.8 Å². The summed E-state index contributed by atoms with van der Waals surface area (Å²) < 4.78 is 11.4. The number of phenols is 1. The summed E-state index contributed by atoms with van der Waals surface area (Å²) >= 11 is 0. The Labute approximate surface area is 123 Å². The molecule has 3 nitrogen and oxygen atoms in total. The van der Waals surface area contributed by atoms with Crippen LogP contribution in [0.15, 0.2) is 60.7 Å². The van der Waals surface area contributed by atoms with Gasteiger partial charge in [0.05, 0.1) is 6.61 Å². The number of phenolic OH excluding ortho intramolecular Hbond substituents is 1. The van der Waals surface area contributed by atoms with Crippen molar-refractivity contribution < 1.29 is 14.6 Å². The Morgan fingerprint density at radius 2 is 1.52 bits per heavy atom. The van der Waals surface area contributed by atoms with Crippen LogP contribution in [-0.2, 0) is 0 Å². The molecule has 3 heteroatoms. The van der Waals surface area contributed by atoms with Gasteiger partial charge in [-0.3, -0.25) is 0 Å². The van der Waals surface area contributed by atoms with E-state index in [1.807, 2.05) is 61.5 Å². The number of aromatic hydroxyl groups is 1. The van der Waals surface area contributed by atoms with E-state index in [1.165, 1.54) is 0 Å². The highest BCUT2D eigenvalue weighted by atomic mass is 16.5. The van der Waals surface area contributed by atoms with E-state index < -0.39 is 0 Å². The number of rotatable bonds is 4. The van der Waals surface area contributed by atoms with E-state index in [-0.39, 0.29) is 5.75 Å². The lowest BCUT2D eigenvalue weighted by molar-refractivity contribution is 0.340. The summed E-state index contributed by atoms with van der Waals surface area (Å²) in [4.78, 5) is 0. The van der Waals surface area contributed by atoms with Crippen molar-refractivity contribution in [2.75, 3.05) is 6.61 Å². The minimum Gasteiger partial charge on any atom is -0.504 e. The smallest absolute Gasteiger partial charge is 0.173 e. The van der Waals surface area contributed by atoms with E-state index in [1.54, 1.807) is 6.07 Å². The molecule has 0 aliphatic heterocycles. The summed E-state index contributed by atoms with van der Waals surface area (Å²) in [5.74, 6) is 1.89. The molecule has 1 N–H and O–H groups in total. The minimum absolute atomic E-state index is 0.123. The van der Waals surface area contributed by atoms with Gasteiger partial charge in [0.2, 0.25) is 0 Å². The average Bonchev–Trinajstić information content (AvgIpc) is 2.53. The number of para-hydroxylation sites is 1. The monoisotopic (exact) mass is 280 g/mol. The van der Waals surface area contributed by atoms with E-state index >= 15 is 0 Å². The summed E-state index contributed by atoms with van der Waals surface area (Å²) in [6.45, 7) is 2.49. The van der Waals surface area contributed by atoms with Gasteiger partial charge < -0.3 is 14.6 Å². The Morgan fingerprint density at radius 3 is 2.24 bits per heavy atom. The van der Waals surface area contributed by atoms with E-state index in [9.17, 15) is 5.11 Å². The third-order valence-corrected chi connectivity index (χ3v) is 3.21. The molecule has 0 unspecified atom stereocenters. The third-order valence-electron chi connectivity index (χ3n) is 3.21. The van der Waals surface area contributed by atoms with Gasteiger partial charge in [0.1, 0.15) is 11.5 Å². The summed E-state index contributed by atoms with van der Waals surface area (Å²) in [7, 11) is 0. The summed E-state index contributed by atoms with van der Waals surface area (Å²) in [5, 5.41) is 12.0. The Balaban J connectivity index is 2.12. The van der Waals surface area contributed by atoms with Crippen LogP contribution in [0.1, 0.15) is 6.92 Å². The molecule has 3 aromatic rings. The van der Waals surface area contributed by atoms with Crippen molar-refractivity contribution in [1.82, 2.24) is 0 Å². The van der Waals surface area contributed by atoms with Crippen molar-refractivity contribution in [1.29, 1.82) is 0 Å². The Hall–Kier alpha value is -2.68. The lowest BCUT2D eigenvalue weighted by Crippen LogP contribution is -1.94. The highest BCUT2D eigenvalue weighted by Gasteiger charge is 2.13. The van der Waals surface area contributed by atoms with Crippen LogP contribution in [0.2, 0.25) is 0 Å². The Bertz CT molecular complexity index is 751. The van der Waals surface area contributed by atoms with Crippen LogP contribution in [0.5, 0.6) is 23.0 Å². The van der Waals surface area contributed by atoms with E-state index in [0.717, 1.165) is 10.8 Å². The second-order valence-corrected chi connectivity index (χ2v) is 4.62. The third kappa shape index (κ3) is 2.63. The lowest BCUT2D eigenvalue weighted by atomic mass is 10.1. The van der Waals surface area contributed by atoms with Gasteiger partial charge in [-0.1, -0.05) is 42.5 Å². The first-order valence-corrected chi connectivity index (χ1v) is 6.90. The number of benzene rings is 3. The molecule has 0 aliphatic rings. The second-order valence-electron chi connectivity index (χ2n) is 4.62. The van der Waals surface area contributed by atoms with Gasteiger partial charge in [0.25, 0.3) is 0 Å². The van der Waals surface area contributed by atoms with Crippen molar-refractivity contribution in [3.8, 4) is 23.0 Å². The first-order valence-electron chi connectivity index (χ1n) is 6.90. The summed E-state index contributed by atoms with van der Waals surface area (Å²) in [6.07, 6.45) is 0. The molecule has 3 aromatic carbocycles. The fraction of sp³-hybridized carbons (Fsp3) is 0.111. The van der Waals surface area contributed by atoms with Crippen LogP contribution in [0.25, 0.3) is 10.8 Å². The number of ether oxygens (including phenoxy) is 2. The van der Waals surface area contributed by atoms with Crippen LogP contribution in [0.4, 0.5) is 0 Å². The highest BCUT2D eigenvalue weighted by Crippen LogP contribution is 2.42. The molecule has 0 heterocycles. The number of hydrogen-bond acceptors (Lipinski definition) is 3. The topological polar surface area (TPSA) is 38.7 Å². The van der Waals surface area contributed by atoms with Gasteiger partial charge in [-0.05, 0) is 19.1 Å². The van der Waals surface area contributed by atoms with Gasteiger partial charge >= 0.3 is 0 Å². The van der Waals surface area contributed by atoms with Crippen LogP contribution in [0.3, 0.4) is 0 Å². The maximum absolute atomic E-state index is 10.4. The SMILES string of the molecule is CCOc1cc(Oc2ccccc2)c(O)c2ccccc12. The molecule has 0 aromatic heterocycles. The van der Waals surface area contributed by atoms with E-state index in [0.29, 0.717) is 23.9 Å². The van der Waals surface area contributed by atoms with Gasteiger partial charge in [-0.15, -0.1) is 0 Å². The maximum Gasteiger partial charge on any atom is 0.173 e. The Morgan fingerprint density at radius 1 is 0.857 bits per heavy atom. The average molecular weight is 280 g/mol. The summed E-state index contributed by atoms with van der Waals surface area (Å²) in [6, 6.07) is 18.7. The molecule has 0 fully saturated rings. The van der Waals surface area contributed by atoms with Crippen molar-refractivity contribution in [3.63, 3.8) is 0 Å². The molecule has 0 radical (unpaired) electrons. The predicted molar refractivity (Wildman–Crippen MR) is 83.3 cm³/mol. The quantitative estimate of drug-likeness (QED) is 0.750. The fourth-order valence-electron chi connectivity index (χ4n) is 2.27. The molecule has 0 amide bonds. The van der Waals surface area contributed by atoms with Gasteiger partial charge in [0.15, 0.2) is 11.5 Å². The zero-order chi connectivity index (χ0) is 14.7. The van der Waals surface area contributed by atoms with Gasteiger partial charge in [-0.2, -0.15) is 0 Å². The summed E-state index contributed by atoms with van der Waals surface area (Å²) in [5.41, 5.74) is 0. The van der Waals surface area contributed by atoms with Crippen molar-refractivity contribution in [2.45, 2.75) is 6.92 Å². The zero-order valence-electron chi connectivity index (χ0n) is 11.7. The van der Waals surface area contributed by atoms with Crippen molar-refractivity contribution in [3.05, 3.63) is 60.7 Å². The molecule has 0 aliphatic carbocycles. The predicted octanol–water partition coefficient (Wildman–Crippen LogP) is 4.74. The van der Waals surface area contributed by atoms with Crippen molar-refractivity contribution >= 4 is 10.8 Å². The highest BCUT2D eigenvalue weighted by molar-refractivity contribution is 5.95. The molecule has 0 spiro atoms. The first kappa shape index (κ1) is 13.3. The van der Waals surface area contributed by atoms with Crippen LogP contribution >= 0.6 is 0 Å². The largest absolute Gasteiger partial charge is 0.504 e. The van der Waals surface area contributed by atoms with Crippen LogP contribution in [0, 0.1) is 0 Å². The Kier molecular flexibility index (Phi) is 3.65. The lowest BCUT2D eigenvalue weighted by Gasteiger charge is -2.14.